The molecule has 0 unspecified atom stereocenters. The zero-order chi connectivity index (χ0) is 24.3. The number of benzene rings is 2. The highest BCUT2D eigenvalue weighted by molar-refractivity contribution is 6.28. The Bertz CT molecular complexity index is 1150. The molecule has 0 radical (unpaired) electrons. The fourth-order valence-electron chi connectivity index (χ4n) is 2.83. The Kier molecular flexibility index (Phi) is 6.49. The smallest absolute Gasteiger partial charge is 0.335 e. The maximum Gasteiger partial charge on any atom is 0.335 e. The molecule has 0 aliphatic carbocycles. The molecule has 0 bridgehead atoms. The van der Waals surface area contributed by atoms with E-state index in [2.05, 4.69) is 20.3 Å². The molecule has 0 aliphatic rings. The van der Waals surface area contributed by atoms with E-state index >= 15 is 0 Å². The maximum atomic E-state index is 11.3. The first kappa shape index (κ1) is 23.1. The van der Waals surface area contributed by atoms with Gasteiger partial charge in [0.1, 0.15) is 5.82 Å². The first-order chi connectivity index (χ1) is 15.5. The molecule has 12 nitrogen and oxygen atoms in total. The van der Waals surface area contributed by atoms with Gasteiger partial charge in [0.2, 0.25) is 11.2 Å². The molecular weight excluding hydrogens is 460 g/mol. The summed E-state index contributed by atoms with van der Waals surface area (Å²) >= 11 is 5.93. The van der Waals surface area contributed by atoms with Gasteiger partial charge in [-0.05, 0) is 53.6 Å². The number of carbonyl (C=O) groups is 4. The molecule has 0 spiro atoms. The van der Waals surface area contributed by atoms with Gasteiger partial charge in [-0.15, -0.1) is 0 Å². The molecule has 1 aromatic heterocycles. The first-order valence-corrected chi connectivity index (χ1v) is 9.29. The number of hydrogen-bond acceptors (Lipinski definition) is 8. The second-order valence-electron chi connectivity index (χ2n) is 6.58. The van der Waals surface area contributed by atoms with Crippen molar-refractivity contribution in [1.29, 1.82) is 0 Å². The number of aromatic nitrogens is 3. The minimum atomic E-state index is -1.34. The van der Waals surface area contributed by atoms with E-state index in [-0.39, 0.29) is 57.0 Å². The average Bonchev–Trinajstić information content (AvgIpc) is 2.72. The molecule has 0 fully saturated rings. The van der Waals surface area contributed by atoms with Crippen LogP contribution in [-0.2, 0) is 6.42 Å². The molecule has 0 saturated carbocycles. The molecule has 2 aromatic carbocycles. The van der Waals surface area contributed by atoms with Crippen molar-refractivity contribution in [1.82, 2.24) is 15.0 Å². The summed E-state index contributed by atoms with van der Waals surface area (Å²) in [6.45, 7) is 0. The Morgan fingerprint density at radius 3 is 1.61 bits per heavy atom. The third-order valence-corrected chi connectivity index (χ3v) is 4.36. The molecule has 5 N–H and O–H groups in total. The summed E-state index contributed by atoms with van der Waals surface area (Å²) in [6, 6.07) is 6.85. The fraction of sp³-hybridized carbons (Fsp3) is 0.0500. The lowest BCUT2D eigenvalue weighted by molar-refractivity contribution is 0.0676. The number of hydrogen-bond donors (Lipinski definition) is 5. The summed E-state index contributed by atoms with van der Waals surface area (Å²) in [7, 11) is 0. The van der Waals surface area contributed by atoms with Crippen LogP contribution in [0.1, 0.15) is 52.8 Å². The molecule has 168 valence electrons. The lowest BCUT2D eigenvalue weighted by Crippen LogP contribution is -2.08. The standard InChI is InChI=1S/C20H13ClN4O8/c21-19-23-14(3-8-1-9(15(26)27)4-10(2-8)16(28)29)24-20(25-19)22-13-6-11(17(30)31)5-12(7-13)18(32)33/h1-2,4-7H,3H2,(H,26,27)(H,28,29)(H,30,31)(H,32,33)(H,22,23,24,25). The van der Waals surface area contributed by atoms with E-state index in [1.165, 1.54) is 24.3 Å². The van der Waals surface area contributed by atoms with Crippen molar-refractivity contribution < 1.29 is 39.6 Å². The van der Waals surface area contributed by atoms with Crippen molar-refractivity contribution >= 4 is 47.1 Å². The molecule has 0 saturated heterocycles. The molecule has 3 aromatic rings. The summed E-state index contributed by atoms with van der Waals surface area (Å²) in [5.41, 5.74) is -0.720. The van der Waals surface area contributed by atoms with E-state index < -0.39 is 23.9 Å². The quantitative estimate of drug-likeness (QED) is 0.321. The Labute approximate surface area is 189 Å². The molecule has 3 rings (SSSR count). The van der Waals surface area contributed by atoms with Crippen LogP contribution in [0.5, 0.6) is 0 Å². The van der Waals surface area contributed by atoms with E-state index in [4.69, 9.17) is 11.6 Å². The zero-order valence-electron chi connectivity index (χ0n) is 16.3. The molecular formula is C20H13ClN4O8. The first-order valence-electron chi connectivity index (χ1n) is 8.91. The van der Waals surface area contributed by atoms with Crippen molar-refractivity contribution in [3.05, 3.63) is 75.3 Å². The van der Waals surface area contributed by atoms with Gasteiger partial charge >= 0.3 is 23.9 Å². The van der Waals surface area contributed by atoms with Crippen LogP contribution in [0.3, 0.4) is 0 Å². The molecule has 33 heavy (non-hydrogen) atoms. The van der Waals surface area contributed by atoms with Gasteiger partial charge in [0.05, 0.1) is 22.3 Å². The Hall–Kier alpha value is -4.58. The van der Waals surface area contributed by atoms with Crippen LogP contribution < -0.4 is 5.32 Å². The molecule has 0 aliphatic heterocycles. The minimum Gasteiger partial charge on any atom is -0.478 e. The van der Waals surface area contributed by atoms with Crippen LogP contribution in [-0.4, -0.2) is 59.3 Å². The normalized spacial score (nSPS) is 10.5. The van der Waals surface area contributed by atoms with E-state index in [0.717, 1.165) is 12.1 Å². The number of halogens is 1. The van der Waals surface area contributed by atoms with Crippen molar-refractivity contribution in [3.63, 3.8) is 0 Å². The number of carboxylic acid groups (broad SMARTS) is 4. The van der Waals surface area contributed by atoms with Crippen molar-refractivity contribution in [2.75, 3.05) is 5.32 Å². The molecule has 1 heterocycles. The lowest BCUT2D eigenvalue weighted by Gasteiger charge is -2.10. The highest BCUT2D eigenvalue weighted by Gasteiger charge is 2.15. The topological polar surface area (TPSA) is 200 Å². The summed E-state index contributed by atoms with van der Waals surface area (Å²) in [4.78, 5) is 57.0. The highest BCUT2D eigenvalue weighted by atomic mass is 35.5. The van der Waals surface area contributed by atoms with E-state index in [0.29, 0.717) is 0 Å². The Morgan fingerprint density at radius 1 is 0.697 bits per heavy atom. The third-order valence-electron chi connectivity index (χ3n) is 4.19. The maximum absolute atomic E-state index is 11.3. The number of carboxylic acids is 4. The number of aromatic carboxylic acids is 4. The van der Waals surface area contributed by atoms with Crippen LogP contribution in [0.2, 0.25) is 5.28 Å². The lowest BCUT2D eigenvalue weighted by atomic mass is 10.0. The second kappa shape index (κ2) is 9.28. The van der Waals surface area contributed by atoms with Crippen molar-refractivity contribution in [3.8, 4) is 0 Å². The van der Waals surface area contributed by atoms with Crippen LogP contribution in [0.4, 0.5) is 11.6 Å². The van der Waals surface area contributed by atoms with Gasteiger partial charge in [-0.2, -0.15) is 9.97 Å². The van der Waals surface area contributed by atoms with Crippen LogP contribution >= 0.6 is 11.6 Å². The summed E-state index contributed by atoms with van der Waals surface area (Å²) < 4.78 is 0. The van der Waals surface area contributed by atoms with Crippen LogP contribution in [0.25, 0.3) is 0 Å². The molecule has 0 atom stereocenters. The van der Waals surface area contributed by atoms with E-state index in [9.17, 15) is 39.6 Å². The average molecular weight is 473 g/mol. The van der Waals surface area contributed by atoms with Gasteiger partial charge in [-0.25, -0.2) is 24.2 Å². The van der Waals surface area contributed by atoms with Gasteiger partial charge in [0.25, 0.3) is 0 Å². The van der Waals surface area contributed by atoms with Gasteiger partial charge in [0.15, 0.2) is 0 Å². The van der Waals surface area contributed by atoms with Gasteiger partial charge < -0.3 is 25.7 Å². The molecule has 13 heteroatoms. The van der Waals surface area contributed by atoms with E-state index in [1.54, 1.807) is 0 Å². The van der Waals surface area contributed by atoms with Gasteiger partial charge in [-0.1, -0.05) is 0 Å². The zero-order valence-corrected chi connectivity index (χ0v) is 17.1. The predicted octanol–water partition coefficient (Wildman–Crippen LogP) is 2.65. The van der Waals surface area contributed by atoms with Crippen molar-refractivity contribution in [2.45, 2.75) is 6.42 Å². The number of rotatable bonds is 8. The highest BCUT2D eigenvalue weighted by Crippen LogP contribution is 2.20. The number of anilines is 2. The monoisotopic (exact) mass is 472 g/mol. The van der Waals surface area contributed by atoms with E-state index in [1.807, 2.05) is 0 Å². The van der Waals surface area contributed by atoms with Gasteiger partial charge in [0, 0.05) is 12.1 Å². The van der Waals surface area contributed by atoms with Crippen LogP contribution in [0, 0.1) is 0 Å². The number of nitrogens with zero attached hydrogens (tertiary/aromatic N) is 3. The minimum absolute atomic E-state index is 0.0456. The Morgan fingerprint density at radius 2 is 1.15 bits per heavy atom. The largest absolute Gasteiger partial charge is 0.478 e. The summed E-state index contributed by atoms with van der Waals surface area (Å²) in [5.74, 6) is -5.42. The SMILES string of the molecule is O=C(O)c1cc(Cc2nc(Cl)nc(Nc3cc(C(=O)O)cc(C(=O)O)c3)n2)cc(C(=O)O)c1. The van der Waals surface area contributed by atoms with Gasteiger partial charge in [-0.3, -0.25) is 0 Å². The summed E-state index contributed by atoms with van der Waals surface area (Å²) in [5, 5.41) is 39.2. The number of nitrogens with one attached hydrogen (secondary N) is 1. The second-order valence-corrected chi connectivity index (χ2v) is 6.92. The predicted molar refractivity (Wildman–Crippen MR) is 112 cm³/mol. The summed E-state index contributed by atoms with van der Waals surface area (Å²) in [6.07, 6.45) is -0.103. The van der Waals surface area contributed by atoms with Crippen LogP contribution in [0.15, 0.2) is 36.4 Å². The Balaban J connectivity index is 1.96. The van der Waals surface area contributed by atoms with Crippen molar-refractivity contribution in [2.24, 2.45) is 0 Å². The fourth-order valence-corrected chi connectivity index (χ4v) is 3.00. The third kappa shape index (κ3) is 5.77. The molecule has 0 amide bonds.